The molecule has 2 rings (SSSR count). The van der Waals surface area contributed by atoms with Crippen LogP contribution in [0.15, 0.2) is 24.3 Å². The first-order chi connectivity index (χ1) is 7.43. The molecule has 1 atom stereocenters. The summed E-state index contributed by atoms with van der Waals surface area (Å²) >= 11 is 0. The highest BCUT2D eigenvalue weighted by atomic mass is 19.4. The van der Waals surface area contributed by atoms with Gasteiger partial charge >= 0.3 is 6.18 Å². The van der Waals surface area contributed by atoms with Crippen molar-refractivity contribution in [1.82, 2.24) is 5.32 Å². The molecule has 1 aromatic carbocycles. The van der Waals surface area contributed by atoms with Crippen LogP contribution in [0.4, 0.5) is 17.6 Å². The summed E-state index contributed by atoms with van der Waals surface area (Å²) in [5, 5.41) is 2.75. The topological polar surface area (TPSA) is 12.0 Å². The number of halogens is 4. The minimum atomic E-state index is -4.50. The Bertz CT molecular complexity index is 380. The molecular weight excluding hydrogens is 222 g/mol. The lowest BCUT2D eigenvalue weighted by Crippen LogP contribution is -2.27. The van der Waals surface area contributed by atoms with Gasteiger partial charge in [-0.1, -0.05) is 18.2 Å². The highest BCUT2D eigenvalue weighted by Gasteiger charge is 2.43. The summed E-state index contributed by atoms with van der Waals surface area (Å²) in [6, 6.07) is 4.85. The first-order valence-corrected chi connectivity index (χ1v) is 5.00. The maximum absolute atomic E-state index is 14.3. The van der Waals surface area contributed by atoms with E-state index in [1.165, 1.54) is 18.2 Å². The van der Waals surface area contributed by atoms with Crippen LogP contribution in [-0.4, -0.2) is 13.1 Å². The number of nitrogens with one attached hydrogen (secondary N) is 1. The lowest BCUT2D eigenvalue weighted by molar-refractivity contribution is -0.139. The summed E-state index contributed by atoms with van der Waals surface area (Å²) in [6.07, 6.45) is -4.42. The Morgan fingerprint density at radius 2 is 1.88 bits per heavy atom. The van der Waals surface area contributed by atoms with Crippen LogP contribution in [0.2, 0.25) is 0 Å². The Hall–Kier alpha value is -1.10. The van der Waals surface area contributed by atoms with Crippen molar-refractivity contribution in [2.75, 3.05) is 13.1 Å². The lowest BCUT2D eigenvalue weighted by Gasteiger charge is -2.23. The molecule has 1 heterocycles. The Kier molecular flexibility index (Phi) is 2.66. The van der Waals surface area contributed by atoms with Crippen molar-refractivity contribution in [1.29, 1.82) is 0 Å². The number of rotatable bonds is 1. The summed E-state index contributed by atoms with van der Waals surface area (Å²) in [4.78, 5) is 0. The largest absolute Gasteiger partial charge is 0.416 e. The van der Waals surface area contributed by atoms with Crippen molar-refractivity contribution in [3.8, 4) is 0 Å². The first-order valence-electron chi connectivity index (χ1n) is 5.00. The van der Waals surface area contributed by atoms with E-state index in [-0.39, 0.29) is 18.5 Å². The number of alkyl halides is 4. The van der Waals surface area contributed by atoms with Gasteiger partial charge in [-0.2, -0.15) is 13.2 Å². The summed E-state index contributed by atoms with van der Waals surface area (Å²) in [6.45, 7) is 0.350. The SMILES string of the molecule is FC(F)(F)c1ccccc1[C@]1(F)CCNC1. The van der Waals surface area contributed by atoms with Crippen molar-refractivity contribution in [3.63, 3.8) is 0 Å². The maximum Gasteiger partial charge on any atom is 0.416 e. The summed E-state index contributed by atoms with van der Waals surface area (Å²) in [5.41, 5.74) is -3.03. The summed E-state index contributed by atoms with van der Waals surface area (Å²) < 4.78 is 52.3. The van der Waals surface area contributed by atoms with E-state index in [4.69, 9.17) is 0 Å². The van der Waals surface area contributed by atoms with Crippen molar-refractivity contribution >= 4 is 0 Å². The third-order valence-corrected chi connectivity index (χ3v) is 2.82. The predicted octanol–water partition coefficient (Wildman–Crippen LogP) is 2.86. The second kappa shape index (κ2) is 3.73. The molecule has 5 heteroatoms. The van der Waals surface area contributed by atoms with Gasteiger partial charge in [-0.15, -0.1) is 0 Å². The quantitative estimate of drug-likeness (QED) is 0.735. The lowest BCUT2D eigenvalue weighted by atomic mass is 9.90. The van der Waals surface area contributed by atoms with Gasteiger partial charge in [0.15, 0.2) is 0 Å². The molecule has 0 amide bonds. The fourth-order valence-corrected chi connectivity index (χ4v) is 2.01. The van der Waals surface area contributed by atoms with Crippen LogP contribution in [0.1, 0.15) is 17.5 Å². The number of benzene rings is 1. The molecule has 0 unspecified atom stereocenters. The molecule has 1 aliphatic rings. The van der Waals surface area contributed by atoms with E-state index in [2.05, 4.69) is 5.32 Å². The summed E-state index contributed by atoms with van der Waals surface area (Å²) in [7, 11) is 0. The second-order valence-electron chi connectivity index (χ2n) is 3.94. The molecule has 16 heavy (non-hydrogen) atoms. The molecule has 88 valence electrons. The Balaban J connectivity index is 2.48. The van der Waals surface area contributed by atoms with Crippen LogP contribution in [-0.2, 0) is 11.8 Å². The van der Waals surface area contributed by atoms with E-state index in [1.807, 2.05) is 0 Å². The average molecular weight is 233 g/mol. The molecule has 1 saturated heterocycles. The molecule has 1 N–H and O–H groups in total. The number of hydrogen-bond acceptors (Lipinski definition) is 1. The van der Waals surface area contributed by atoms with Gasteiger partial charge in [0.1, 0.15) is 5.67 Å². The van der Waals surface area contributed by atoms with E-state index in [0.717, 1.165) is 6.07 Å². The van der Waals surface area contributed by atoms with Gasteiger partial charge in [0.05, 0.1) is 5.56 Å². The minimum Gasteiger partial charge on any atom is -0.313 e. The number of hydrogen-bond donors (Lipinski definition) is 1. The van der Waals surface area contributed by atoms with Gasteiger partial charge in [-0.3, -0.25) is 0 Å². The van der Waals surface area contributed by atoms with Gasteiger partial charge in [-0.05, 0) is 19.0 Å². The van der Waals surface area contributed by atoms with Gasteiger partial charge in [0.25, 0.3) is 0 Å². The van der Waals surface area contributed by atoms with Crippen molar-refractivity contribution < 1.29 is 17.6 Å². The van der Waals surface area contributed by atoms with Gasteiger partial charge in [0.2, 0.25) is 0 Å². The third-order valence-electron chi connectivity index (χ3n) is 2.82. The highest BCUT2D eigenvalue weighted by Crippen LogP contribution is 2.40. The van der Waals surface area contributed by atoms with Crippen LogP contribution in [0, 0.1) is 0 Å². The van der Waals surface area contributed by atoms with Crippen LogP contribution in [0.5, 0.6) is 0 Å². The summed E-state index contributed by atoms with van der Waals surface area (Å²) in [5.74, 6) is 0. The fraction of sp³-hybridized carbons (Fsp3) is 0.455. The Morgan fingerprint density at radius 3 is 2.44 bits per heavy atom. The Labute approximate surface area is 90.5 Å². The molecule has 0 aliphatic carbocycles. The highest BCUT2D eigenvalue weighted by molar-refractivity contribution is 5.35. The van der Waals surface area contributed by atoms with E-state index in [9.17, 15) is 17.6 Å². The zero-order valence-corrected chi connectivity index (χ0v) is 8.44. The van der Waals surface area contributed by atoms with Crippen LogP contribution in [0.3, 0.4) is 0 Å². The molecule has 0 aromatic heterocycles. The van der Waals surface area contributed by atoms with Crippen LogP contribution >= 0.6 is 0 Å². The van der Waals surface area contributed by atoms with E-state index in [1.54, 1.807) is 0 Å². The van der Waals surface area contributed by atoms with Gasteiger partial charge in [-0.25, -0.2) is 4.39 Å². The monoisotopic (exact) mass is 233 g/mol. The molecule has 0 saturated carbocycles. The van der Waals surface area contributed by atoms with Gasteiger partial charge < -0.3 is 5.32 Å². The van der Waals surface area contributed by atoms with Crippen molar-refractivity contribution in [2.24, 2.45) is 0 Å². The van der Waals surface area contributed by atoms with Gasteiger partial charge in [0, 0.05) is 12.1 Å². The third kappa shape index (κ3) is 1.91. The Morgan fingerprint density at radius 1 is 1.19 bits per heavy atom. The van der Waals surface area contributed by atoms with Crippen molar-refractivity contribution in [2.45, 2.75) is 18.3 Å². The molecule has 1 nitrogen and oxygen atoms in total. The first kappa shape index (κ1) is 11.4. The predicted molar refractivity (Wildman–Crippen MR) is 51.7 cm³/mol. The fourth-order valence-electron chi connectivity index (χ4n) is 2.01. The van der Waals surface area contributed by atoms with Crippen molar-refractivity contribution in [3.05, 3.63) is 35.4 Å². The molecule has 0 bridgehead atoms. The molecule has 0 radical (unpaired) electrons. The maximum atomic E-state index is 14.3. The van der Waals surface area contributed by atoms with Crippen LogP contribution in [0.25, 0.3) is 0 Å². The molecule has 1 fully saturated rings. The second-order valence-corrected chi connectivity index (χ2v) is 3.94. The normalized spacial score (nSPS) is 26.0. The molecule has 0 spiro atoms. The minimum absolute atomic E-state index is 0.0555. The standard InChI is InChI=1S/C11H11F4N/c12-10(5-6-16-7-10)8-3-1-2-4-9(8)11(13,14)15/h1-4,16H,5-7H2/t10-/m0/s1. The molecular formula is C11H11F4N. The van der Waals surface area contributed by atoms with E-state index >= 15 is 0 Å². The zero-order chi connectivity index (χ0) is 11.8. The average Bonchev–Trinajstić information content (AvgIpc) is 2.65. The van der Waals surface area contributed by atoms with E-state index < -0.39 is 17.4 Å². The zero-order valence-electron chi connectivity index (χ0n) is 8.44. The smallest absolute Gasteiger partial charge is 0.313 e. The van der Waals surface area contributed by atoms with Crippen LogP contribution < -0.4 is 5.32 Å². The molecule has 1 aliphatic heterocycles. The molecule has 1 aromatic rings. The van der Waals surface area contributed by atoms with E-state index in [0.29, 0.717) is 6.54 Å².